The molecule has 26 heavy (non-hydrogen) atoms. The van der Waals surface area contributed by atoms with Gasteiger partial charge in [-0.1, -0.05) is 29.5 Å². The minimum Gasteiger partial charge on any atom is -0.442 e. The lowest BCUT2D eigenvalue weighted by Gasteiger charge is -2.06. The quantitative estimate of drug-likeness (QED) is 0.317. The number of fused-ring (bicyclic) bond motifs is 1. The van der Waals surface area contributed by atoms with Gasteiger partial charge in [0.1, 0.15) is 5.52 Å². The molecular formula is C18H14IN3O4. The summed E-state index contributed by atoms with van der Waals surface area (Å²) in [5.41, 5.74) is 0.636. The van der Waals surface area contributed by atoms with Gasteiger partial charge >= 0.3 is 5.97 Å². The number of hydrogen-bond donors (Lipinski definition) is 0. The van der Waals surface area contributed by atoms with E-state index < -0.39 is 11.5 Å². The maximum Gasteiger partial charge on any atom is 0.308 e. The van der Waals surface area contributed by atoms with Crippen LogP contribution in [0.25, 0.3) is 10.9 Å². The highest BCUT2D eigenvalue weighted by Crippen LogP contribution is 2.10. The number of halogens is 1. The molecule has 0 amide bonds. The van der Waals surface area contributed by atoms with Gasteiger partial charge in [0.25, 0.3) is 5.56 Å². The number of rotatable bonds is 6. The molecule has 1 heterocycles. The first-order valence-corrected chi connectivity index (χ1v) is 8.89. The van der Waals surface area contributed by atoms with Crippen LogP contribution in [0.15, 0.2) is 53.3 Å². The molecule has 0 radical (unpaired) electrons. The van der Waals surface area contributed by atoms with Gasteiger partial charge in [-0.25, -0.2) is 0 Å². The van der Waals surface area contributed by atoms with Crippen LogP contribution in [0.4, 0.5) is 0 Å². The van der Waals surface area contributed by atoms with E-state index in [9.17, 15) is 14.4 Å². The molecule has 0 aliphatic heterocycles. The summed E-state index contributed by atoms with van der Waals surface area (Å²) in [6.45, 7) is -0.340. The second-order valence-electron chi connectivity index (χ2n) is 5.49. The van der Waals surface area contributed by atoms with E-state index in [1.807, 2.05) is 12.1 Å². The summed E-state index contributed by atoms with van der Waals surface area (Å²) in [5.74, 6) is -0.716. The van der Waals surface area contributed by atoms with Crippen molar-refractivity contribution in [2.45, 2.75) is 19.6 Å². The Bertz CT molecular complexity index is 1010. The number of ether oxygens (including phenoxy) is 1. The Morgan fingerprint density at radius 3 is 2.54 bits per heavy atom. The highest BCUT2D eigenvalue weighted by Gasteiger charge is 2.12. The second-order valence-corrected chi connectivity index (χ2v) is 6.73. The first-order chi connectivity index (χ1) is 12.5. The third-order valence-corrected chi connectivity index (χ3v) is 4.42. The number of carbonyl (C=O) groups is 2. The summed E-state index contributed by atoms with van der Waals surface area (Å²) in [5, 5.41) is 8.04. The molecule has 1 aromatic heterocycles. The summed E-state index contributed by atoms with van der Waals surface area (Å²) in [6, 6.07) is 13.9. The van der Waals surface area contributed by atoms with Crippen LogP contribution in [-0.2, 0) is 16.3 Å². The number of Topliss-reactive ketones (excluding diaryl/α,β-unsaturated/α-hetero) is 1. The van der Waals surface area contributed by atoms with E-state index >= 15 is 0 Å². The molecule has 8 heteroatoms. The number of benzene rings is 2. The number of ketones is 1. The molecule has 0 aliphatic carbocycles. The number of nitrogens with zero attached hydrogens (tertiary/aromatic N) is 3. The minimum absolute atomic E-state index is 0.0394. The topological polar surface area (TPSA) is 91.2 Å². The van der Waals surface area contributed by atoms with Crippen LogP contribution in [0, 0.1) is 3.57 Å². The molecule has 0 atom stereocenters. The van der Waals surface area contributed by atoms with Crippen molar-refractivity contribution >= 4 is 45.2 Å². The molecule has 0 aliphatic rings. The summed E-state index contributed by atoms with van der Waals surface area (Å²) in [6.07, 6.45) is -0.0295. The number of aromatic nitrogens is 3. The molecule has 2 aromatic carbocycles. The molecule has 0 saturated heterocycles. The zero-order valence-corrected chi connectivity index (χ0v) is 15.8. The molecular weight excluding hydrogens is 449 g/mol. The van der Waals surface area contributed by atoms with Gasteiger partial charge in [-0.05, 0) is 46.9 Å². The third-order valence-electron chi connectivity index (χ3n) is 3.70. The monoisotopic (exact) mass is 463 g/mol. The van der Waals surface area contributed by atoms with Crippen molar-refractivity contribution in [3.05, 3.63) is 68.0 Å². The van der Waals surface area contributed by atoms with Crippen molar-refractivity contribution in [1.82, 2.24) is 15.0 Å². The van der Waals surface area contributed by atoms with E-state index in [2.05, 4.69) is 32.9 Å². The summed E-state index contributed by atoms with van der Waals surface area (Å²) < 4.78 is 7.03. The Morgan fingerprint density at radius 1 is 1.04 bits per heavy atom. The van der Waals surface area contributed by atoms with Crippen molar-refractivity contribution in [2.75, 3.05) is 0 Å². The van der Waals surface area contributed by atoms with Crippen molar-refractivity contribution in [3.63, 3.8) is 0 Å². The van der Waals surface area contributed by atoms with Gasteiger partial charge in [0.05, 0.1) is 11.8 Å². The van der Waals surface area contributed by atoms with Crippen molar-refractivity contribution in [2.24, 2.45) is 0 Å². The van der Waals surface area contributed by atoms with E-state index in [1.54, 1.807) is 36.4 Å². The molecule has 7 nitrogen and oxygen atoms in total. The highest BCUT2D eigenvalue weighted by molar-refractivity contribution is 14.1. The molecule has 0 unspecified atom stereocenters. The maximum absolute atomic E-state index is 12.2. The number of hydrogen-bond acceptors (Lipinski definition) is 6. The standard InChI is InChI=1S/C18H14IN3O4/c19-13-7-5-12(6-8-13)16(23)9-10-17(24)26-11-22-18(25)14-3-1-2-4-15(14)20-21-22/h1-8H,9-11H2. The van der Waals surface area contributed by atoms with E-state index in [-0.39, 0.29) is 25.4 Å². The molecule has 3 aromatic rings. The van der Waals surface area contributed by atoms with Gasteiger partial charge in [0, 0.05) is 15.6 Å². The van der Waals surface area contributed by atoms with E-state index in [0.717, 1.165) is 8.25 Å². The van der Waals surface area contributed by atoms with Crippen LogP contribution in [0.5, 0.6) is 0 Å². The molecule has 0 fully saturated rings. The molecule has 3 rings (SSSR count). The van der Waals surface area contributed by atoms with Crippen LogP contribution in [0.1, 0.15) is 23.2 Å². The number of esters is 1. The number of carbonyl (C=O) groups excluding carboxylic acids is 2. The zero-order valence-electron chi connectivity index (χ0n) is 13.6. The Labute approximate surface area is 162 Å². The fraction of sp³-hybridized carbons (Fsp3) is 0.167. The fourth-order valence-electron chi connectivity index (χ4n) is 2.31. The second kappa shape index (κ2) is 8.17. The van der Waals surface area contributed by atoms with Crippen LogP contribution >= 0.6 is 22.6 Å². The van der Waals surface area contributed by atoms with Crippen LogP contribution < -0.4 is 5.56 Å². The predicted molar refractivity (Wildman–Crippen MR) is 103 cm³/mol. The van der Waals surface area contributed by atoms with Gasteiger partial charge in [0.15, 0.2) is 12.5 Å². The fourth-order valence-corrected chi connectivity index (χ4v) is 2.67. The molecule has 132 valence electrons. The summed E-state index contributed by atoms with van der Waals surface area (Å²) in [7, 11) is 0. The van der Waals surface area contributed by atoms with Gasteiger partial charge in [-0.15, -0.1) is 5.10 Å². The van der Waals surface area contributed by atoms with Gasteiger partial charge in [-0.2, -0.15) is 4.68 Å². The molecule has 0 N–H and O–H groups in total. The first-order valence-electron chi connectivity index (χ1n) is 7.81. The third kappa shape index (κ3) is 4.31. The SMILES string of the molecule is O=C(CCC(=O)c1ccc(I)cc1)OCn1nnc2ccccc2c1=O. The van der Waals surface area contributed by atoms with Crippen LogP contribution in [0.2, 0.25) is 0 Å². The maximum atomic E-state index is 12.2. The average Bonchev–Trinajstić information content (AvgIpc) is 2.66. The van der Waals surface area contributed by atoms with Crippen molar-refractivity contribution in [1.29, 1.82) is 0 Å². The summed E-state index contributed by atoms with van der Waals surface area (Å²) >= 11 is 2.15. The Balaban J connectivity index is 1.56. The van der Waals surface area contributed by atoms with Crippen molar-refractivity contribution in [3.8, 4) is 0 Å². The molecule has 0 saturated carbocycles. The Morgan fingerprint density at radius 2 is 1.77 bits per heavy atom. The lowest BCUT2D eigenvalue weighted by atomic mass is 10.1. The molecule has 0 spiro atoms. The van der Waals surface area contributed by atoms with Gasteiger partial charge in [0.2, 0.25) is 0 Å². The van der Waals surface area contributed by atoms with E-state index in [4.69, 9.17) is 4.74 Å². The van der Waals surface area contributed by atoms with E-state index in [1.165, 1.54) is 0 Å². The minimum atomic E-state index is -0.578. The lowest BCUT2D eigenvalue weighted by Crippen LogP contribution is -2.26. The Kier molecular flexibility index (Phi) is 5.71. The summed E-state index contributed by atoms with van der Waals surface area (Å²) in [4.78, 5) is 36.1. The zero-order chi connectivity index (χ0) is 18.5. The van der Waals surface area contributed by atoms with E-state index in [0.29, 0.717) is 16.5 Å². The largest absolute Gasteiger partial charge is 0.442 e. The van der Waals surface area contributed by atoms with Crippen molar-refractivity contribution < 1.29 is 14.3 Å². The highest BCUT2D eigenvalue weighted by atomic mass is 127. The smallest absolute Gasteiger partial charge is 0.308 e. The van der Waals surface area contributed by atoms with Gasteiger partial charge in [-0.3, -0.25) is 14.4 Å². The molecule has 0 bridgehead atoms. The van der Waals surface area contributed by atoms with Crippen LogP contribution in [-0.4, -0.2) is 26.7 Å². The average molecular weight is 463 g/mol. The van der Waals surface area contributed by atoms with Crippen LogP contribution in [0.3, 0.4) is 0 Å². The Hall–Kier alpha value is -2.62. The van der Waals surface area contributed by atoms with Gasteiger partial charge < -0.3 is 4.74 Å². The lowest BCUT2D eigenvalue weighted by molar-refractivity contribution is -0.148. The normalized spacial score (nSPS) is 10.7. The predicted octanol–water partition coefficient (Wildman–Crippen LogP) is 2.56. The first kappa shape index (κ1) is 18.2.